The third-order valence-electron chi connectivity index (χ3n) is 9.48. The van der Waals surface area contributed by atoms with Crippen LogP contribution in [-0.4, -0.2) is 37.2 Å². The molecule has 0 aliphatic rings. The molecule has 0 spiro atoms. The normalized spacial score (nSPS) is 12.6. The molecule has 0 rings (SSSR count). The fourth-order valence-corrected chi connectivity index (χ4v) is 6.00. The molecule has 0 aromatic heterocycles. The van der Waals surface area contributed by atoms with E-state index in [1.54, 1.807) is 0 Å². The van der Waals surface area contributed by atoms with Crippen molar-refractivity contribution in [3.8, 4) is 0 Å². The molecule has 0 unspecified atom stereocenters. The molecule has 0 amide bonds. The second-order valence-electron chi connectivity index (χ2n) is 14.9. The van der Waals surface area contributed by atoms with Gasteiger partial charge in [-0.1, -0.05) is 165 Å². The average Bonchev–Trinajstić information content (AvgIpc) is 3.18. The van der Waals surface area contributed by atoms with Crippen molar-refractivity contribution in [3.05, 3.63) is 60.8 Å². The average molecular weight is 769 g/mol. The fraction of sp³-hybridized carbons (Fsp3) is 0.735. The van der Waals surface area contributed by atoms with E-state index in [0.29, 0.717) is 19.3 Å². The number of allylic oxidation sites excluding steroid dienone is 10. The Morgan fingerprint density at radius 2 is 0.709 bits per heavy atom. The van der Waals surface area contributed by atoms with Gasteiger partial charge in [0.25, 0.3) is 0 Å². The Labute approximate surface area is 339 Å². The van der Waals surface area contributed by atoms with E-state index in [-0.39, 0.29) is 31.1 Å². The predicted molar refractivity (Wildman–Crippen MR) is 233 cm³/mol. The van der Waals surface area contributed by atoms with Crippen LogP contribution in [0, 0.1) is 0 Å². The Morgan fingerprint density at radius 1 is 0.382 bits per heavy atom. The van der Waals surface area contributed by atoms with Gasteiger partial charge in [-0.15, -0.1) is 0 Å². The quantitative estimate of drug-likeness (QED) is 0.0267. The topological polar surface area (TPSA) is 78.9 Å². The number of ether oxygens (including phenoxy) is 3. The Balaban J connectivity index is 4.41. The van der Waals surface area contributed by atoms with Gasteiger partial charge in [-0.2, -0.15) is 0 Å². The van der Waals surface area contributed by atoms with Crippen LogP contribution in [0.15, 0.2) is 60.8 Å². The maximum absolute atomic E-state index is 12.7. The van der Waals surface area contributed by atoms with Gasteiger partial charge in [0, 0.05) is 19.3 Å². The summed E-state index contributed by atoms with van der Waals surface area (Å²) in [6, 6.07) is 0. The molecule has 0 saturated carbocycles. The lowest BCUT2D eigenvalue weighted by Gasteiger charge is -2.18. The van der Waals surface area contributed by atoms with E-state index >= 15 is 0 Å². The van der Waals surface area contributed by atoms with Crippen LogP contribution in [0.3, 0.4) is 0 Å². The van der Waals surface area contributed by atoms with Crippen LogP contribution in [0.25, 0.3) is 0 Å². The van der Waals surface area contributed by atoms with Crippen LogP contribution in [0.5, 0.6) is 0 Å². The number of carbonyl (C=O) groups excluding carboxylic acids is 3. The van der Waals surface area contributed by atoms with Crippen molar-refractivity contribution in [1.82, 2.24) is 0 Å². The van der Waals surface area contributed by atoms with Crippen molar-refractivity contribution in [1.29, 1.82) is 0 Å². The van der Waals surface area contributed by atoms with E-state index in [1.165, 1.54) is 57.8 Å². The summed E-state index contributed by atoms with van der Waals surface area (Å²) in [5.74, 6) is -0.929. The van der Waals surface area contributed by atoms with Crippen molar-refractivity contribution in [3.63, 3.8) is 0 Å². The summed E-state index contributed by atoms with van der Waals surface area (Å²) in [4.78, 5) is 37.7. The molecule has 0 heterocycles. The van der Waals surface area contributed by atoms with Crippen LogP contribution in [-0.2, 0) is 28.6 Å². The Bertz CT molecular complexity index is 1020. The molecular formula is C49H84O6. The monoisotopic (exact) mass is 769 g/mol. The van der Waals surface area contributed by atoms with E-state index in [9.17, 15) is 14.4 Å². The van der Waals surface area contributed by atoms with Gasteiger partial charge in [-0.05, 0) is 89.9 Å². The van der Waals surface area contributed by atoms with Crippen molar-refractivity contribution in [2.75, 3.05) is 13.2 Å². The zero-order valence-corrected chi connectivity index (χ0v) is 35.9. The summed E-state index contributed by atoms with van der Waals surface area (Å²) in [6.45, 7) is 6.40. The fourth-order valence-electron chi connectivity index (χ4n) is 6.00. The predicted octanol–water partition coefficient (Wildman–Crippen LogP) is 14.5. The molecule has 0 bridgehead atoms. The SMILES string of the molecule is CC/C=C\C/C=C\C/C=C\CCCCCCCC(=O)OC[C@@H](COC(=O)CCCCCCC/C=C\CCCC)OC(=O)CCCCCCC/C=C\CCCC. The first-order chi connectivity index (χ1) is 27.0. The van der Waals surface area contributed by atoms with Crippen molar-refractivity contribution in [2.24, 2.45) is 0 Å². The number of rotatable bonds is 40. The highest BCUT2D eigenvalue weighted by atomic mass is 16.6. The van der Waals surface area contributed by atoms with E-state index in [2.05, 4.69) is 81.5 Å². The standard InChI is InChI=1S/C49H84O6/c1-4-7-10-13-16-19-22-23-24-25-28-30-33-36-39-42-48(51)54-45-46(55-49(52)43-40-37-34-31-27-21-18-15-12-9-6-3)44-53-47(50)41-38-35-32-29-26-20-17-14-11-8-5-2/h7,10,14-19,23-24,46H,4-6,8-9,11-13,20-22,25-45H2,1-3H3/b10-7-,17-14-,18-15-,19-16-,24-23-/t46-/m1/s1. The van der Waals surface area contributed by atoms with Gasteiger partial charge in [0.2, 0.25) is 0 Å². The molecule has 0 aromatic rings. The molecule has 6 nitrogen and oxygen atoms in total. The lowest BCUT2D eigenvalue weighted by molar-refractivity contribution is -0.167. The minimum atomic E-state index is -0.785. The second-order valence-corrected chi connectivity index (χ2v) is 14.9. The van der Waals surface area contributed by atoms with Gasteiger partial charge < -0.3 is 14.2 Å². The Hall–Kier alpha value is -2.89. The summed E-state index contributed by atoms with van der Waals surface area (Å²) >= 11 is 0. The highest BCUT2D eigenvalue weighted by Crippen LogP contribution is 2.13. The largest absolute Gasteiger partial charge is 0.462 e. The Morgan fingerprint density at radius 3 is 1.13 bits per heavy atom. The minimum Gasteiger partial charge on any atom is -0.462 e. The first-order valence-corrected chi connectivity index (χ1v) is 22.8. The molecule has 316 valence electrons. The third-order valence-corrected chi connectivity index (χ3v) is 9.48. The van der Waals surface area contributed by atoms with Gasteiger partial charge in [0.15, 0.2) is 6.10 Å². The van der Waals surface area contributed by atoms with Crippen LogP contribution >= 0.6 is 0 Å². The zero-order valence-electron chi connectivity index (χ0n) is 35.9. The maximum atomic E-state index is 12.7. The summed E-state index contributed by atoms with van der Waals surface area (Å²) in [6.07, 6.45) is 52.0. The molecule has 0 N–H and O–H groups in total. The lowest BCUT2D eigenvalue weighted by Crippen LogP contribution is -2.30. The minimum absolute atomic E-state index is 0.0883. The van der Waals surface area contributed by atoms with E-state index in [1.807, 2.05) is 0 Å². The first-order valence-electron chi connectivity index (χ1n) is 22.8. The first kappa shape index (κ1) is 52.1. The maximum Gasteiger partial charge on any atom is 0.306 e. The number of carbonyl (C=O) groups is 3. The molecule has 1 atom stereocenters. The number of hydrogen-bond acceptors (Lipinski definition) is 6. The third kappa shape index (κ3) is 42.1. The smallest absolute Gasteiger partial charge is 0.306 e. The van der Waals surface area contributed by atoms with Gasteiger partial charge >= 0.3 is 17.9 Å². The molecule has 0 aliphatic carbocycles. The van der Waals surface area contributed by atoms with Gasteiger partial charge in [-0.25, -0.2) is 0 Å². The Kier molecular flexibility index (Phi) is 41.5. The molecule has 0 fully saturated rings. The second kappa shape index (κ2) is 43.8. The zero-order chi connectivity index (χ0) is 40.1. The highest BCUT2D eigenvalue weighted by Gasteiger charge is 2.19. The van der Waals surface area contributed by atoms with Crippen LogP contribution < -0.4 is 0 Å². The van der Waals surface area contributed by atoms with Gasteiger partial charge in [0.05, 0.1) is 0 Å². The molecule has 0 aromatic carbocycles. The van der Waals surface area contributed by atoms with Crippen molar-refractivity contribution < 1.29 is 28.6 Å². The van der Waals surface area contributed by atoms with Crippen LogP contribution in [0.4, 0.5) is 0 Å². The molecule has 55 heavy (non-hydrogen) atoms. The lowest BCUT2D eigenvalue weighted by atomic mass is 10.1. The molecule has 0 saturated heterocycles. The molecule has 0 radical (unpaired) electrons. The molecule has 0 aliphatic heterocycles. The van der Waals surface area contributed by atoms with Gasteiger partial charge in [-0.3, -0.25) is 14.4 Å². The molecular weight excluding hydrogens is 685 g/mol. The van der Waals surface area contributed by atoms with Crippen molar-refractivity contribution in [2.45, 2.75) is 219 Å². The summed E-state index contributed by atoms with van der Waals surface area (Å²) in [5.41, 5.74) is 0. The molecule has 6 heteroatoms. The van der Waals surface area contributed by atoms with Crippen molar-refractivity contribution >= 4 is 17.9 Å². The van der Waals surface area contributed by atoms with E-state index in [0.717, 1.165) is 116 Å². The summed E-state index contributed by atoms with van der Waals surface area (Å²) in [5, 5.41) is 0. The van der Waals surface area contributed by atoms with Crippen LogP contribution in [0.1, 0.15) is 213 Å². The number of unbranched alkanes of at least 4 members (excludes halogenated alkanes) is 19. The summed E-state index contributed by atoms with van der Waals surface area (Å²) in [7, 11) is 0. The van der Waals surface area contributed by atoms with Gasteiger partial charge in [0.1, 0.15) is 13.2 Å². The van der Waals surface area contributed by atoms with Crippen LogP contribution in [0.2, 0.25) is 0 Å². The number of hydrogen-bond donors (Lipinski definition) is 0. The summed E-state index contributed by atoms with van der Waals surface area (Å²) < 4.78 is 16.7. The van der Waals surface area contributed by atoms with E-state index < -0.39 is 6.10 Å². The highest BCUT2D eigenvalue weighted by molar-refractivity contribution is 5.71. The number of esters is 3. The van der Waals surface area contributed by atoms with E-state index in [4.69, 9.17) is 14.2 Å².